The van der Waals surface area contributed by atoms with Crippen LogP contribution >= 0.6 is 0 Å². The van der Waals surface area contributed by atoms with E-state index in [1.54, 1.807) is 12.1 Å². The lowest BCUT2D eigenvalue weighted by atomic mass is 10.1. The van der Waals surface area contributed by atoms with E-state index in [4.69, 9.17) is 9.57 Å². The largest absolute Gasteiger partial charge is 0.371 e. The van der Waals surface area contributed by atoms with Gasteiger partial charge in [0.2, 0.25) is 0 Å². The second kappa shape index (κ2) is 7.02. The standard InChI is InChI=1S/C20H20N2O5/c1-13-5-8-15(9-6-13)27-22-16-10-7-14(12-23)18(16)19(24)21(20(22)25)17-4-2-3-11-26-17/h5-6,8-9,17H,2-4,7,10-11H2,1H3. The van der Waals surface area contributed by atoms with Crippen molar-refractivity contribution in [1.29, 1.82) is 0 Å². The highest BCUT2D eigenvalue weighted by Gasteiger charge is 2.32. The summed E-state index contributed by atoms with van der Waals surface area (Å²) in [4.78, 5) is 43.3. The average molecular weight is 368 g/mol. The van der Waals surface area contributed by atoms with E-state index in [1.807, 2.05) is 25.0 Å². The van der Waals surface area contributed by atoms with Gasteiger partial charge in [0.25, 0.3) is 5.56 Å². The van der Waals surface area contributed by atoms with Crippen molar-refractivity contribution in [2.45, 2.75) is 45.3 Å². The van der Waals surface area contributed by atoms with E-state index in [9.17, 15) is 14.4 Å². The van der Waals surface area contributed by atoms with Gasteiger partial charge in [-0.15, -0.1) is 4.73 Å². The number of carbonyl (C=O) groups excluding carboxylic acids is 1. The molecule has 1 saturated heterocycles. The van der Waals surface area contributed by atoms with Gasteiger partial charge in [-0.2, -0.15) is 0 Å². The van der Waals surface area contributed by atoms with Crippen LogP contribution in [0.2, 0.25) is 0 Å². The Labute approximate surface area is 155 Å². The Morgan fingerprint density at radius 2 is 1.93 bits per heavy atom. The van der Waals surface area contributed by atoms with Gasteiger partial charge in [-0.3, -0.25) is 4.79 Å². The summed E-state index contributed by atoms with van der Waals surface area (Å²) >= 11 is 0. The van der Waals surface area contributed by atoms with Crippen molar-refractivity contribution in [2.24, 2.45) is 0 Å². The van der Waals surface area contributed by atoms with Crippen molar-refractivity contribution >= 4 is 11.5 Å². The van der Waals surface area contributed by atoms with Gasteiger partial charge in [0, 0.05) is 6.61 Å². The highest BCUT2D eigenvalue weighted by Crippen LogP contribution is 2.28. The predicted molar refractivity (Wildman–Crippen MR) is 98.4 cm³/mol. The van der Waals surface area contributed by atoms with Crippen LogP contribution in [0.5, 0.6) is 5.75 Å². The van der Waals surface area contributed by atoms with Gasteiger partial charge in [-0.05, 0) is 51.2 Å². The second-order valence-corrected chi connectivity index (χ2v) is 6.88. The molecule has 1 aliphatic carbocycles. The third kappa shape index (κ3) is 3.05. The molecule has 1 aliphatic heterocycles. The Bertz CT molecular complexity index is 1040. The van der Waals surface area contributed by atoms with Crippen LogP contribution in [-0.2, 0) is 16.0 Å². The molecule has 0 spiro atoms. The van der Waals surface area contributed by atoms with E-state index in [2.05, 4.69) is 0 Å². The van der Waals surface area contributed by atoms with Gasteiger partial charge in [0.05, 0.1) is 16.8 Å². The monoisotopic (exact) mass is 368 g/mol. The molecule has 1 atom stereocenters. The van der Waals surface area contributed by atoms with E-state index in [1.165, 1.54) is 0 Å². The number of rotatable bonds is 3. The van der Waals surface area contributed by atoms with Gasteiger partial charge >= 0.3 is 5.69 Å². The zero-order valence-corrected chi connectivity index (χ0v) is 15.1. The number of aryl methyl sites for hydroxylation is 1. The summed E-state index contributed by atoms with van der Waals surface area (Å²) in [6.45, 7) is 2.44. The third-order valence-corrected chi connectivity index (χ3v) is 5.04. The minimum atomic E-state index is -0.648. The first-order chi connectivity index (χ1) is 13.1. The molecule has 2 heterocycles. The lowest BCUT2D eigenvalue weighted by molar-refractivity contribution is -0.0401. The summed E-state index contributed by atoms with van der Waals surface area (Å²) < 4.78 is 7.87. The van der Waals surface area contributed by atoms with E-state index >= 15 is 0 Å². The van der Waals surface area contributed by atoms with Crippen molar-refractivity contribution in [1.82, 2.24) is 9.30 Å². The molecule has 7 heteroatoms. The van der Waals surface area contributed by atoms with Crippen LogP contribution < -0.4 is 16.1 Å². The molecule has 1 aromatic carbocycles. The fourth-order valence-corrected chi connectivity index (χ4v) is 3.63. The summed E-state index contributed by atoms with van der Waals surface area (Å²) in [5, 5.41) is 0. The molecule has 7 nitrogen and oxygen atoms in total. The number of aromatic nitrogens is 2. The average Bonchev–Trinajstić information content (AvgIpc) is 3.12. The highest BCUT2D eigenvalue weighted by atomic mass is 16.7. The van der Waals surface area contributed by atoms with Crippen LogP contribution in [0.4, 0.5) is 0 Å². The molecule has 0 N–H and O–H groups in total. The quantitative estimate of drug-likeness (QED) is 0.775. The zero-order chi connectivity index (χ0) is 19.0. The molecule has 0 radical (unpaired) electrons. The summed E-state index contributed by atoms with van der Waals surface area (Å²) in [6, 6.07) is 7.26. The number of hydrogen-bond acceptors (Lipinski definition) is 5. The van der Waals surface area contributed by atoms with Crippen molar-refractivity contribution in [3.63, 3.8) is 0 Å². The topological polar surface area (TPSA) is 79.5 Å². The minimum Gasteiger partial charge on any atom is -0.371 e. The Hall–Kier alpha value is -2.89. The summed E-state index contributed by atoms with van der Waals surface area (Å²) in [5.41, 5.74) is 0.884. The maximum atomic E-state index is 13.1. The SMILES string of the molecule is Cc1ccc(On2c3c(c(=O)n(C4CCCCO4)c2=O)C(=C=O)CC3)cc1. The summed E-state index contributed by atoms with van der Waals surface area (Å²) in [7, 11) is 0. The molecule has 0 bridgehead atoms. The molecule has 27 heavy (non-hydrogen) atoms. The first-order valence-corrected chi connectivity index (χ1v) is 9.11. The smallest absolute Gasteiger partial charge is 0.366 e. The van der Waals surface area contributed by atoms with Gasteiger partial charge in [0.1, 0.15) is 12.2 Å². The number of nitrogens with zero attached hydrogens (tertiary/aromatic N) is 2. The van der Waals surface area contributed by atoms with Gasteiger partial charge in [-0.1, -0.05) is 17.7 Å². The fourth-order valence-electron chi connectivity index (χ4n) is 3.63. The van der Waals surface area contributed by atoms with Crippen molar-refractivity contribution in [3.8, 4) is 5.75 Å². The molecule has 2 aromatic rings. The van der Waals surface area contributed by atoms with E-state index in [-0.39, 0.29) is 11.1 Å². The lowest BCUT2D eigenvalue weighted by Gasteiger charge is -2.25. The van der Waals surface area contributed by atoms with E-state index < -0.39 is 17.5 Å². The Morgan fingerprint density at radius 3 is 2.59 bits per heavy atom. The van der Waals surface area contributed by atoms with Crippen molar-refractivity contribution < 1.29 is 14.4 Å². The minimum absolute atomic E-state index is 0.214. The number of allylic oxidation sites excluding steroid dienone is 1. The molecule has 4 rings (SSSR count). The summed E-state index contributed by atoms with van der Waals surface area (Å²) in [5.74, 6) is 2.33. The van der Waals surface area contributed by atoms with Crippen LogP contribution in [0.25, 0.3) is 5.57 Å². The molecule has 1 aromatic heterocycles. The van der Waals surface area contributed by atoms with E-state index in [0.717, 1.165) is 27.7 Å². The Kier molecular flexibility index (Phi) is 4.56. The normalized spacial score (nSPS) is 18.9. The number of fused-ring (bicyclic) bond motifs is 1. The van der Waals surface area contributed by atoms with Crippen LogP contribution in [-0.4, -0.2) is 21.8 Å². The van der Waals surface area contributed by atoms with Gasteiger partial charge in [-0.25, -0.2) is 14.2 Å². The van der Waals surface area contributed by atoms with E-state index in [0.29, 0.717) is 37.3 Å². The Morgan fingerprint density at radius 1 is 1.15 bits per heavy atom. The Balaban J connectivity index is 1.91. The van der Waals surface area contributed by atoms with Crippen LogP contribution in [0.1, 0.15) is 48.7 Å². The van der Waals surface area contributed by atoms with Crippen LogP contribution in [0.3, 0.4) is 0 Å². The highest BCUT2D eigenvalue weighted by molar-refractivity contribution is 5.90. The zero-order valence-electron chi connectivity index (χ0n) is 15.1. The van der Waals surface area contributed by atoms with Crippen molar-refractivity contribution in [3.05, 3.63) is 61.9 Å². The maximum Gasteiger partial charge on any atom is 0.366 e. The first kappa shape index (κ1) is 17.5. The predicted octanol–water partition coefficient (Wildman–Crippen LogP) is 2.02. The lowest BCUT2D eigenvalue weighted by Crippen LogP contribution is -2.47. The molecule has 0 amide bonds. The number of ether oxygens (including phenoxy) is 1. The first-order valence-electron chi connectivity index (χ1n) is 9.11. The molecule has 2 aliphatic rings. The molecular weight excluding hydrogens is 348 g/mol. The molecule has 0 saturated carbocycles. The maximum absolute atomic E-state index is 13.1. The third-order valence-electron chi connectivity index (χ3n) is 5.04. The van der Waals surface area contributed by atoms with Crippen molar-refractivity contribution in [2.75, 3.05) is 6.61 Å². The van der Waals surface area contributed by atoms with Gasteiger partial charge in [0.15, 0.2) is 5.75 Å². The van der Waals surface area contributed by atoms with Gasteiger partial charge < -0.3 is 9.57 Å². The molecule has 1 fully saturated rings. The second-order valence-electron chi connectivity index (χ2n) is 6.88. The van der Waals surface area contributed by atoms with Crippen LogP contribution in [0, 0.1) is 6.92 Å². The number of hydrogen-bond donors (Lipinski definition) is 0. The molecular formula is C20H20N2O5. The molecule has 1 unspecified atom stereocenters. The summed E-state index contributed by atoms with van der Waals surface area (Å²) in [6.07, 6.45) is 2.42. The number of benzene rings is 1. The fraction of sp³-hybridized carbons (Fsp3) is 0.400. The molecule has 140 valence electrons. The van der Waals surface area contributed by atoms with Crippen LogP contribution in [0.15, 0.2) is 33.9 Å².